The summed E-state index contributed by atoms with van der Waals surface area (Å²) in [5, 5.41) is 12.7. The van der Waals surface area contributed by atoms with E-state index in [1.165, 1.54) is 12.0 Å². The van der Waals surface area contributed by atoms with Gasteiger partial charge < -0.3 is 10.4 Å². The topological polar surface area (TPSA) is 88.0 Å². The van der Waals surface area contributed by atoms with Gasteiger partial charge in [0.25, 0.3) is 0 Å². The first-order valence-electron chi connectivity index (χ1n) is 11.3. The van der Waals surface area contributed by atoms with E-state index in [0.717, 1.165) is 74.4 Å². The Morgan fingerprint density at radius 3 is 2.63 bits per heavy atom. The van der Waals surface area contributed by atoms with E-state index >= 15 is 0 Å². The number of nitrogens with zero attached hydrogens (tertiary/aromatic N) is 3. The number of fused-ring (bicyclic) bond motifs is 1. The molecule has 1 aliphatic heterocycles. The maximum absolute atomic E-state index is 11.3. The molecule has 0 aromatic carbocycles. The van der Waals surface area contributed by atoms with Crippen molar-refractivity contribution in [3.63, 3.8) is 0 Å². The van der Waals surface area contributed by atoms with Crippen LogP contribution in [0.3, 0.4) is 0 Å². The fourth-order valence-electron chi connectivity index (χ4n) is 4.01. The number of aryl methyl sites for hydroxylation is 2. The minimum Gasteiger partial charge on any atom is -0.481 e. The van der Waals surface area contributed by atoms with Crippen LogP contribution in [0.4, 0.5) is 5.82 Å². The highest BCUT2D eigenvalue weighted by atomic mass is 16.4. The van der Waals surface area contributed by atoms with Crippen molar-refractivity contribution in [2.45, 2.75) is 83.5 Å². The summed E-state index contributed by atoms with van der Waals surface area (Å²) in [6.07, 6.45) is 12.3. The van der Waals surface area contributed by atoms with Crippen molar-refractivity contribution in [3.8, 4) is 0 Å². The average Bonchev–Trinajstić information content (AvgIpc) is 2.75. The van der Waals surface area contributed by atoms with Crippen LogP contribution in [0.1, 0.15) is 93.3 Å². The Hall–Kier alpha value is -2.50. The van der Waals surface area contributed by atoms with Gasteiger partial charge in [0.1, 0.15) is 11.6 Å². The largest absolute Gasteiger partial charge is 0.481 e. The predicted octanol–water partition coefficient (Wildman–Crippen LogP) is 5.10. The molecule has 0 radical (unpaired) electrons. The molecule has 0 aliphatic carbocycles. The Bertz CT molecular complexity index is 820. The van der Waals surface area contributed by atoms with Gasteiger partial charge in [-0.25, -0.2) is 15.0 Å². The van der Waals surface area contributed by atoms with E-state index in [1.54, 1.807) is 0 Å². The molecule has 3 heterocycles. The SMILES string of the molecule is CC(C)c1ncc([C@@H](CCCCCCc2ccc3c(n2)NCCC3)CC(=O)O)cn1. The summed E-state index contributed by atoms with van der Waals surface area (Å²) in [6.45, 7) is 5.13. The number of carboxylic acid groups (broad SMARTS) is 1. The number of aliphatic carboxylic acids is 1. The van der Waals surface area contributed by atoms with Crippen LogP contribution in [0, 0.1) is 0 Å². The van der Waals surface area contributed by atoms with Crippen LogP contribution in [-0.2, 0) is 17.6 Å². The van der Waals surface area contributed by atoms with Gasteiger partial charge in [0, 0.05) is 30.6 Å². The number of pyridine rings is 1. The van der Waals surface area contributed by atoms with E-state index in [-0.39, 0.29) is 18.3 Å². The van der Waals surface area contributed by atoms with Gasteiger partial charge in [-0.2, -0.15) is 0 Å². The molecule has 0 saturated carbocycles. The van der Waals surface area contributed by atoms with Gasteiger partial charge in [-0.1, -0.05) is 39.2 Å². The van der Waals surface area contributed by atoms with Crippen molar-refractivity contribution < 1.29 is 9.90 Å². The number of hydrogen-bond acceptors (Lipinski definition) is 5. The Morgan fingerprint density at radius 2 is 1.90 bits per heavy atom. The van der Waals surface area contributed by atoms with Gasteiger partial charge in [0.15, 0.2) is 0 Å². The highest BCUT2D eigenvalue weighted by Gasteiger charge is 2.17. The van der Waals surface area contributed by atoms with Crippen molar-refractivity contribution in [2.24, 2.45) is 0 Å². The van der Waals surface area contributed by atoms with Crippen LogP contribution in [0.25, 0.3) is 0 Å². The zero-order valence-electron chi connectivity index (χ0n) is 18.2. The second kappa shape index (κ2) is 11.0. The van der Waals surface area contributed by atoms with E-state index in [9.17, 15) is 9.90 Å². The Kier molecular flexibility index (Phi) is 8.17. The van der Waals surface area contributed by atoms with Crippen molar-refractivity contribution >= 4 is 11.8 Å². The molecule has 6 heteroatoms. The summed E-state index contributed by atoms with van der Waals surface area (Å²) >= 11 is 0. The summed E-state index contributed by atoms with van der Waals surface area (Å²) in [5.41, 5.74) is 3.43. The molecule has 0 amide bonds. The van der Waals surface area contributed by atoms with E-state index in [0.29, 0.717) is 0 Å². The molecule has 3 rings (SSSR count). The molecular weight excluding hydrogens is 376 g/mol. The van der Waals surface area contributed by atoms with Gasteiger partial charge in [-0.05, 0) is 55.2 Å². The predicted molar refractivity (Wildman–Crippen MR) is 119 cm³/mol. The maximum Gasteiger partial charge on any atom is 0.303 e. The molecule has 2 N–H and O–H groups in total. The molecule has 0 spiro atoms. The second-order valence-corrected chi connectivity index (χ2v) is 8.62. The summed E-state index contributed by atoms with van der Waals surface area (Å²) < 4.78 is 0. The molecule has 162 valence electrons. The van der Waals surface area contributed by atoms with Crippen molar-refractivity contribution in [2.75, 3.05) is 11.9 Å². The van der Waals surface area contributed by atoms with Crippen LogP contribution in [-0.4, -0.2) is 32.6 Å². The van der Waals surface area contributed by atoms with Crippen molar-refractivity contribution in [3.05, 3.63) is 47.2 Å². The fraction of sp³-hybridized carbons (Fsp3) is 0.583. The molecule has 0 unspecified atom stereocenters. The number of nitrogens with one attached hydrogen (secondary N) is 1. The third kappa shape index (κ3) is 6.51. The van der Waals surface area contributed by atoms with E-state index in [1.807, 2.05) is 12.4 Å². The van der Waals surface area contributed by atoms with Crippen LogP contribution in [0.15, 0.2) is 24.5 Å². The summed E-state index contributed by atoms with van der Waals surface area (Å²) in [6, 6.07) is 4.38. The lowest BCUT2D eigenvalue weighted by molar-refractivity contribution is -0.137. The van der Waals surface area contributed by atoms with Crippen LogP contribution >= 0.6 is 0 Å². The number of hydrogen-bond donors (Lipinski definition) is 2. The molecule has 2 aromatic heterocycles. The highest BCUT2D eigenvalue weighted by Crippen LogP contribution is 2.26. The van der Waals surface area contributed by atoms with Gasteiger partial charge in [-0.15, -0.1) is 0 Å². The summed E-state index contributed by atoms with van der Waals surface area (Å²) in [7, 11) is 0. The number of rotatable bonds is 11. The third-order valence-electron chi connectivity index (χ3n) is 5.79. The molecule has 0 fully saturated rings. The van der Waals surface area contributed by atoms with E-state index in [4.69, 9.17) is 4.98 Å². The standard InChI is InChI=1S/C24H34N4O2/c1-17(2)23-26-15-20(16-27-23)19(14-22(29)30)8-5-3-4-6-10-21-12-11-18-9-7-13-25-24(18)28-21/h11-12,15-17,19H,3-10,13-14H2,1-2H3,(H,25,28)(H,29,30)/t19-/m0/s1. The van der Waals surface area contributed by atoms with Gasteiger partial charge in [0.2, 0.25) is 0 Å². The van der Waals surface area contributed by atoms with Crippen molar-refractivity contribution in [1.29, 1.82) is 0 Å². The molecule has 2 aromatic rings. The summed E-state index contributed by atoms with van der Waals surface area (Å²) in [4.78, 5) is 24.9. The van der Waals surface area contributed by atoms with Crippen LogP contribution < -0.4 is 5.32 Å². The first-order valence-corrected chi connectivity index (χ1v) is 11.3. The highest BCUT2D eigenvalue weighted by molar-refractivity contribution is 5.68. The Labute approximate surface area is 179 Å². The average molecular weight is 411 g/mol. The molecule has 30 heavy (non-hydrogen) atoms. The normalized spacial score (nSPS) is 14.2. The van der Waals surface area contributed by atoms with Crippen LogP contribution in [0.2, 0.25) is 0 Å². The van der Waals surface area contributed by atoms with Gasteiger partial charge in [0.05, 0.1) is 6.42 Å². The Morgan fingerprint density at radius 1 is 1.13 bits per heavy atom. The van der Waals surface area contributed by atoms with Crippen LogP contribution in [0.5, 0.6) is 0 Å². The van der Waals surface area contributed by atoms with Gasteiger partial charge in [-0.3, -0.25) is 4.79 Å². The second-order valence-electron chi connectivity index (χ2n) is 8.62. The molecule has 1 aliphatic rings. The third-order valence-corrected chi connectivity index (χ3v) is 5.79. The number of unbranched alkanes of at least 4 members (excludes halogenated alkanes) is 3. The molecule has 0 bridgehead atoms. The minimum absolute atomic E-state index is 0.0166. The lowest BCUT2D eigenvalue weighted by Crippen LogP contribution is -2.13. The summed E-state index contributed by atoms with van der Waals surface area (Å²) in [5.74, 6) is 1.37. The van der Waals surface area contributed by atoms with Gasteiger partial charge >= 0.3 is 5.97 Å². The first-order chi connectivity index (χ1) is 14.5. The zero-order chi connectivity index (χ0) is 21.3. The number of carboxylic acids is 1. The number of carbonyl (C=O) groups is 1. The molecule has 0 saturated heterocycles. The molecular formula is C24H34N4O2. The minimum atomic E-state index is -0.764. The Balaban J connectivity index is 1.42. The van der Waals surface area contributed by atoms with E-state index in [2.05, 4.69) is 41.3 Å². The number of aromatic nitrogens is 3. The molecule has 1 atom stereocenters. The smallest absolute Gasteiger partial charge is 0.303 e. The lowest BCUT2D eigenvalue weighted by atomic mass is 9.92. The first kappa shape index (κ1) is 22.2. The maximum atomic E-state index is 11.3. The fourth-order valence-corrected chi connectivity index (χ4v) is 4.01. The zero-order valence-corrected chi connectivity index (χ0v) is 18.2. The monoisotopic (exact) mass is 410 g/mol. The molecule has 6 nitrogen and oxygen atoms in total. The van der Waals surface area contributed by atoms with E-state index < -0.39 is 5.97 Å². The number of anilines is 1. The quantitative estimate of drug-likeness (QED) is 0.501. The van der Waals surface area contributed by atoms with Crippen molar-refractivity contribution in [1.82, 2.24) is 15.0 Å². The lowest BCUT2D eigenvalue weighted by Gasteiger charge is -2.17.